The number of oxazole rings is 1. The molecule has 2 aromatic rings. The Morgan fingerprint density at radius 2 is 2.06 bits per heavy atom. The monoisotopic (exact) mass is 248 g/mol. The molecular formula is C14H20N2O2. The molecule has 1 N–H and O–H groups in total. The lowest BCUT2D eigenvalue weighted by molar-refractivity contribution is 0.463. The summed E-state index contributed by atoms with van der Waals surface area (Å²) >= 11 is 0. The molecule has 0 aromatic carbocycles. The molecule has 0 aliphatic heterocycles. The van der Waals surface area contributed by atoms with Crippen LogP contribution in [0.3, 0.4) is 0 Å². The number of rotatable bonds is 6. The van der Waals surface area contributed by atoms with E-state index in [2.05, 4.69) is 24.1 Å². The third-order valence-electron chi connectivity index (χ3n) is 2.66. The molecule has 4 nitrogen and oxygen atoms in total. The van der Waals surface area contributed by atoms with Crippen molar-refractivity contribution in [1.29, 1.82) is 0 Å². The zero-order valence-corrected chi connectivity index (χ0v) is 11.2. The molecule has 0 saturated heterocycles. The van der Waals surface area contributed by atoms with Crippen LogP contribution >= 0.6 is 0 Å². The second-order valence-electron chi connectivity index (χ2n) is 4.74. The molecule has 0 atom stereocenters. The summed E-state index contributed by atoms with van der Waals surface area (Å²) in [7, 11) is 0. The second-order valence-corrected chi connectivity index (χ2v) is 4.74. The fraction of sp³-hybridized carbons (Fsp3) is 0.500. The minimum absolute atomic E-state index is 0.524. The molecule has 0 aliphatic rings. The van der Waals surface area contributed by atoms with Crippen LogP contribution in [0.4, 0.5) is 0 Å². The first kappa shape index (κ1) is 12.9. The minimum atomic E-state index is 0.524. The van der Waals surface area contributed by atoms with Crippen molar-refractivity contribution in [3.05, 3.63) is 30.0 Å². The van der Waals surface area contributed by atoms with Gasteiger partial charge in [0.05, 0.1) is 6.20 Å². The lowest BCUT2D eigenvalue weighted by atomic mass is 10.3. The van der Waals surface area contributed by atoms with Gasteiger partial charge < -0.3 is 14.2 Å². The van der Waals surface area contributed by atoms with E-state index >= 15 is 0 Å². The highest BCUT2D eigenvalue weighted by Gasteiger charge is 2.09. The van der Waals surface area contributed by atoms with Crippen molar-refractivity contribution in [1.82, 2.24) is 10.3 Å². The fourth-order valence-corrected chi connectivity index (χ4v) is 1.74. The van der Waals surface area contributed by atoms with Gasteiger partial charge in [-0.2, -0.15) is 0 Å². The van der Waals surface area contributed by atoms with Crippen LogP contribution in [0.5, 0.6) is 0 Å². The first-order valence-electron chi connectivity index (χ1n) is 6.40. The molecule has 0 aliphatic carbocycles. The predicted molar refractivity (Wildman–Crippen MR) is 70.4 cm³/mol. The molecule has 2 heterocycles. The van der Waals surface area contributed by atoms with Crippen molar-refractivity contribution in [3.8, 4) is 11.5 Å². The van der Waals surface area contributed by atoms with Crippen LogP contribution in [0.2, 0.25) is 0 Å². The predicted octanol–water partition coefficient (Wildman–Crippen LogP) is 3.17. The van der Waals surface area contributed by atoms with Crippen molar-refractivity contribution in [2.45, 2.75) is 39.7 Å². The molecule has 2 rings (SSSR count). The Hall–Kier alpha value is -1.55. The normalized spacial score (nSPS) is 11.3. The van der Waals surface area contributed by atoms with Crippen molar-refractivity contribution < 1.29 is 8.83 Å². The molecule has 0 unspecified atom stereocenters. The van der Waals surface area contributed by atoms with E-state index < -0.39 is 0 Å². The highest BCUT2D eigenvalue weighted by molar-refractivity contribution is 5.48. The summed E-state index contributed by atoms with van der Waals surface area (Å²) in [6.45, 7) is 7.18. The summed E-state index contributed by atoms with van der Waals surface area (Å²) < 4.78 is 11.2. The number of nitrogens with zero attached hydrogens (tertiary/aromatic N) is 1. The van der Waals surface area contributed by atoms with E-state index in [1.54, 1.807) is 6.20 Å². The van der Waals surface area contributed by atoms with Gasteiger partial charge in [-0.05, 0) is 32.0 Å². The number of aryl methyl sites for hydroxylation is 2. The molecule has 18 heavy (non-hydrogen) atoms. The van der Waals surface area contributed by atoms with Gasteiger partial charge in [-0.15, -0.1) is 0 Å². The van der Waals surface area contributed by atoms with Crippen LogP contribution in [0.15, 0.2) is 27.2 Å². The number of hydrogen-bond acceptors (Lipinski definition) is 4. The fourth-order valence-electron chi connectivity index (χ4n) is 1.74. The Morgan fingerprint density at radius 1 is 1.22 bits per heavy atom. The van der Waals surface area contributed by atoms with E-state index in [4.69, 9.17) is 8.83 Å². The summed E-state index contributed by atoms with van der Waals surface area (Å²) in [5, 5.41) is 3.37. The highest BCUT2D eigenvalue weighted by atomic mass is 16.4. The third-order valence-corrected chi connectivity index (χ3v) is 2.66. The number of hydrogen-bond donors (Lipinski definition) is 1. The Bertz CT molecular complexity index is 485. The Morgan fingerprint density at radius 3 is 2.72 bits per heavy atom. The smallest absolute Gasteiger partial charge is 0.195 e. The summed E-state index contributed by atoms with van der Waals surface area (Å²) in [5.41, 5.74) is 0. The van der Waals surface area contributed by atoms with E-state index in [1.807, 2.05) is 19.1 Å². The van der Waals surface area contributed by atoms with Gasteiger partial charge in [-0.3, -0.25) is 0 Å². The maximum absolute atomic E-state index is 5.66. The van der Waals surface area contributed by atoms with Gasteiger partial charge in [-0.1, -0.05) is 13.8 Å². The van der Waals surface area contributed by atoms with Crippen LogP contribution in [0, 0.1) is 6.92 Å². The molecule has 4 heteroatoms. The van der Waals surface area contributed by atoms with E-state index in [9.17, 15) is 0 Å². The lowest BCUT2D eigenvalue weighted by Gasteiger charge is -2.05. The molecule has 0 amide bonds. The molecule has 0 fully saturated rings. The van der Waals surface area contributed by atoms with Crippen LogP contribution in [0.25, 0.3) is 11.5 Å². The Balaban J connectivity index is 1.86. The van der Waals surface area contributed by atoms with E-state index in [-0.39, 0.29) is 0 Å². The van der Waals surface area contributed by atoms with Gasteiger partial charge in [0.1, 0.15) is 5.76 Å². The first-order chi connectivity index (χ1) is 8.65. The Kier molecular flexibility index (Phi) is 4.20. The molecule has 0 saturated carbocycles. The quantitative estimate of drug-likeness (QED) is 0.798. The molecule has 0 spiro atoms. The first-order valence-corrected chi connectivity index (χ1v) is 6.40. The zero-order valence-electron chi connectivity index (χ0n) is 11.2. The zero-order chi connectivity index (χ0) is 13.0. The molecule has 2 aromatic heterocycles. The summed E-state index contributed by atoms with van der Waals surface area (Å²) in [5.74, 6) is 3.09. The van der Waals surface area contributed by atoms with Crippen LogP contribution in [-0.2, 0) is 6.42 Å². The van der Waals surface area contributed by atoms with E-state index in [0.717, 1.165) is 36.8 Å². The maximum atomic E-state index is 5.66. The van der Waals surface area contributed by atoms with Gasteiger partial charge in [0.15, 0.2) is 17.4 Å². The summed E-state index contributed by atoms with van der Waals surface area (Å²) in [4.78, 5) is 4.26. The average Bonchev–Trinajstić information content (AvgIpc) is 2.93. The van der Waals surface area contributed by atoms with E-state index in [0.29, 0.717) is 11.8 Å². The third kappa shape index (κ3) is 3.47. The maximum Gasteiger partial charge on any atom is 0.195 e. The number of furan rings is 1. The van der Waals surface area contributed by atoms with Gasteiger partial charge in [0.25, 0.3) is 0 Å². The van der Waals surface area contributed by atoms with Crippen LogP contribution < -0.4 is 5.32 Å². The van der Waals surface area contributed by atoms with Crippen molar-refractivity contribution in [3.63, 3.8) is 0 Å². The second kappa shape index (κ2) is 5.87. The van der Waals surface area contributed by atoms with Crippen LogP contribution in [-0.4, -0.2) is 17.6 Å². The van der Waals surface area contributed by atoms with Crippen molar-refractivity contribution >= 4 is 0 Å². The Labute approximate surface area is 107 Å². The number of nitrogens with one attached hydrogen (secondary N) is 1. The van der Waals surface area contributed by atoms with Crippen molar-refractivity contribution in [2.24, 2.45) is 0 Å². The standard InChI is InChI=1S/C14H20N2O2/c1-10(2)15-8-4-5-14-16-9-13(18-14)12-7-6-11(3)17-12/h6-7,9-10,15H,4-5,8H2,1-3H3. The van der Waals surface area contributed by atoms with Gasteiger partial charge in [0, 0.05) is 12.5 Å². The average molecular weight is 248 g/mol. The number of aromatic nitrogens is 1. The van der Waals surface area contributed by atoms with Gasteiger partial charge >= 0.3 is 0 Å². The van der Waals surface area contributed by atoms with Crippen molar-refractivity contribution in [2.75, 3.05) is 6.54 Å². The largest absolute Gasteiger partial charge is 0.458 e. The molecule has 0 bridgehead atoms. The van der Waals surface area contributed by atoms with Crippen LogP contribution in [0.1, 0.15) is 31.9 Å². The molecule has 98 valence electrons. The lowest BCUT2D eigenvalue weighted by Crippen LogP contribution is -2.23. The minimum Gasteiger partial charge on any atom is -0.458 e. The molecule has 0 radical (unpaired) electrons. The molecular weight excluding hydrogens is 228 g/mol. The summed E-state index contributed by atoms with van der Waals surface area (Å²) in [6, 6.07) is 4.35. The van der Waals surface area contributed by atoms with E-state index in [1.165, 1.54) is 0 Å². The summed E-state index contributed by atoms with van der Waals surface area (Å²) in [6.07, 6.45) is 3.60. The van der Waals surface area contributed by atoms with Gasteiger partial charge in [-0.25, -0.2) is 4.98 Å². The topological polar surface area (TPSA) is 51.2 Å². The van der Waals surface area contributed by atoms with Gasteiger partial charge in [0.2, 0.25) is 0 Å². The highest BCUT2D eigenvalue weighted by Crippen LogP contribution is 2.22. The SMILES string of the molecule is Cc1ccc(-c2cnc(CCCNC(C)C)o2)o1.